The molecular formula is C14H16N4O2S. The molecule has 6 nitrogen and oxygen atoms in total. The normalized spacial score (nSPS) is 10.2. The first-order valence-corrected chi connectivity index (χ1v) is 7.37. The van der Waals surface area contributed by atoms with Crippen LogP contribution in [-0.2, 0) is 11.2 Å². The van der Waals surface area contributed by atoms with Crippen molar-refractivity contribution >= 4 is 28.3 Å². The minimum absolute atomic E-state index is 0.103. The number of carbonyl (C=O) groups is 2. The van der Waals surface area contributed by atoms with Crippen LogP contribution in [0.25, 0.3) is 0 Å². The van der Waals surface area contributed by atoms with Crippen molar-refractivity contribution in [2.24, 2.45) is 0 Å². The first kappa shape index (κ1) is 15.1. The molecule has 2 N–H and O–H groups in total. The fourth-order valence-corrected chi connectivity index (χ4v) is 2.27. The third-order valence-electron chi connectivity index (χ3n) is 2.74. The predicted octanol–water partition coefficient (Wildman–Crippen LogP) is 1.78. The Morgan fingerprint density at radius 1 is 1.19 bits per heavy atom. The average Bonchev–Trinajstić information content (AvgIpc) is 2.93. The molecule has 0 fully saturated rings. The van der Waals surface area contributed by atoms with Gasteiger partial charge in [0.1, 0.15) is 5.01 Å². The van der Waals surface area contributed by atoms with Crippen LogP contribution in [0.15, 0.2) is 24.3 Å². The molecule has 0 bridgehead atoms. The molecule has 0 unspecified atom stereocenters. The smallest absolute Gasteiger partial charge is 0.251 e. The summed E-state index contributed by atoms with van der Waals surface area (Å²) in [4.78, 5) is 23.6. The van der Waals surface area contributed by atoms with Gasteiger partial charge in [0.25, 0.3) is 5.91 Å². The van der Waals surface area contributed by atoms with Gasteiger partial charge in [-0.2, -0.15) is 0 Å². The summed E-state index contributed by atoms with van der Waals surface area (Å²) in [6.45, 7) is 3.81. The summed E-state index contributed by atoms with van der Waals surface area (Å²) < 4.78 is 0. The molecule has 110 valence electrons. The largest absolute Gasteiger partial charge is 0.343 e. The number of carbonyl (C=O) groups excluding carboxylic acids is 2. The highest BCUT2D eigenvalue weighted by Gasteiger charge is 2.10. The molecule has 0 saturated heterocycles. The molecule has 0 radical (unpaired) electrons. The first-order valence-electron chi connectivity index (χ1n) is 6.55. The fourth-order valence-electron chi connectivity index (χ4n) is 1.58. The Bertz CT molecular complexity index is 637. The van der Waals surface area contributed by atoms with Crippen LogP contribution in [0, 0.1) is 6.92 Å². The van der Waals surface area contributed by atoms with E-state index in [9.17, 15) is 9.59 Å². The Morgan fingerprint density at radius 2 is 1.90 bits per heavy atom. The minimum atomic E-state index is -0.325. The van der Waals surface area contributed by atoms with E-state index < -0.39 is 0 Å². The Labute approximate surface area is 126 Å². The Morgan fingerprint density at radius 3 is 2.52 bits per heavy atom. The number of aromatic nitrogens is 2. The Balaban J connectivity index is 1.83. The van der Waals surface area contributed by atoms with Crippen LogP contribution in [-0.4, -0.2) is 28.6 Å². The van der Waals surface area contributed by atoms with Gasteiger partial charge in [0.15, 0.2) is 0 Å². The number of benzene rings is 1. The van der Waals surface area contributed by atoms with Crippen LogP contribution in [0.4, 0.5) is 5.13 Å². The molecule has 0 aliphatic carbocycles. The van der Waals surface area contributed by atoms with E-state index in [-0.39, 0.29) is 18.4 Å². The quantitative estimate of drug-likeness (QED) is 0.882. The average molecular weight is 304 g/mol. The summed E-state index contributed by atoms with van der Waals surface area (Å²) in [6, 6.07) is 7.15. The fraction of sp³-hybridized carbons (Fsp3) is 0.286. The van der Waals surface area contributed by atoms with Crippen LogP contribution in [0.3, 0.4) is 0 Å². The molecule has 0 saturated carbocycles. The molecule has 7 heteroatoms. The summed E-state index contributed by atoms with van der Waals surface area (Å²) in [5.41, 5.74) is 1.60. The van der Waals surface area contributed by atoms with Crippen molar-refractivity contribution in [3.8, 4) is 0 Å². The van der Waals surface area contributed by atoms with Crippen LogP contribution in [0.1, 0.15) is 27.9 Å². The second kappa shape index (κ2) is 6.94. The van der Waals surface area contributed by atoms with E-state index in [1.54, 1.807) is 12.1 Å². The lowest BCUT2D eigenvalue weighted by atomic mass is 10.1. The first-order chi connectivity index (χ1) is 10.1. The molecule has 1 aromatic heterocycles. The molecule has 2 aromatic rings. The van der Waals surface area contributed by atoms with Crippen molar-refractivity contribution in [3.63, 3.8) is 0 Å². The molecule has 21 heavy (non-hydrogen) atoms. The van der Waals surface area contributed by atoms with Crippen molar-refractivity contribution in [2.45, 2.75) is 20.3 Å². The standard InChI is InChI=1S/C14H16N4O2S/c1-3-12-17-18-14(21-12)16-11(19)8-15-13(20)10-6-4-9(2)5-7-10/h4-7H,3,8H2,1-2H3,(H,15,20)(H,16,18,19). The van der Waals surface area contributed by atoms with Crippen LogP contribution in [0.2, 0.25) is 0 Å². The molecule has 0 spiro atoms. The van der Waals surface area contributed by atoms with Gasteiger partial charge in [0.2, 0.25) is 11.0 Å². The minimum Gasteiger partial charge on any atom is -0.343 e. The number of aryl methyl sites for hydroxylation is 2. The maximum atomic E-state index is 11.8. The zero-order valence-corrected chi connectivity index (χ0v) is 12.7. The van der Waals surface area contributed by atoms with E-state index in [0.717, 1.165) is 17.0 Å². The van der Waals surface area contributed by atoms with Gasteiger partial charge in [0.05, 0.1) is 6.54 Å². The third-order valence-corrected chi connectivity index (χ3v) is 3.72. The highest BCUT2D eigenvalue weighted by molar-refractivity contribution is 7.15. The van der Waals surface area contributed by atoms with Gasteiger partial charge in [-0.3, -0.25) is 14.9 Å². The third kappa shape index (κ3) is 4.35. The Hall–Kier alpha value is -2.28. The number of hydrogen-bond acceptors (Lipinski definition) is 5. The maximum absolute atomic E-state index is 11.8. The topological polar surface area (TPSA) is 84.0 Å². The zero-order valence-electron chi connectivity index (χ0n) is 11.8. The van der Waals surface area contributed by atoms with Gasteiger partial charge in [-0.05, 0) is 25.5 Å². The monoisotopic (exact) mass is 304 g/mol. The SMILES string of the molecule is CCc1nnc(NC(=O)CNC(=O)c2ccc(C)cc2)s1. The van der Waals surface area contributed by atoms with E-state index >= 15 is 0 Å². The summed E-state index contributed by atoms with van der Waals surface area (Å²) in [7, 11) is 0. The lowest BCUT2D eigenvalue weighted by molar-refractivity contribution is -0.115. The maximum Gasteiger partial charge on any atom is 0.251 e. The van der Waals surface area contributed by atoms with Gasteiger partial charge >= 0.3 is 0 Å². The van der Waals surface area contributed by atoms with Crippen LogP contribution < -0.4 is 10.6 Å². The lowest BCUT2D eigenvalue weighted by Crippen LogP contribution is -2.32. The molecule has 0 aliphatic rings. The van der Waals surface area contributed by atoms with E-state index in [0.29, 0.717) is 10.7 Å². The second-order valence-corrected chi connectivity index (χ2v) is 5.51. The van der Waals surface area contributed by atoms with Crippen molar-refractivity contribution in [3.05, 3.63) is 40.4 Å². The molecule has 0 aliphatic heterocycles. The van der Waals surface area contributed by atoms with Gasteiger partial charge in [-0.15, -0.1) is 10.2 Å². The van der Waals surface area contributed by atoms with Gasteiger partial charge in [-0.1, -0.05) is 36.0 Å². The molecule has 1 heterocycles. The van der Waals surface area contributed by atoms with E-state index in [1.807, 2.05) is 26.0 Å². The van der Waals surface area contributed by atoms with E-state index in [1.165, 1.54) is 11.3 Å². The summed E-state index contributed by atoms with van der Waals surface area (Å²) in [6.07, 6.45) is 0.775. The molecular weight excluding hydrogens is 288 g/mol. The highest BCUT2D eigenvalue weighted by Crippen LogP contribution is 2.14. The summed E-state index contributed by atoms with van der Waals surface area (Å²) >= 11 is 1.33. The van der Waals surface area contributed by atoms with Gasteiger partial charge in [-0.25, -0.2) is 0 Å². The Kier molecular flexibility index (Phi) is 4.99. The molecule has 1 aromatic carbocycles. The number of amides is 2. The number of anilines is 1. The molecule has 2 rings (SSSR count). The van der Waals surface area contributed by atoms with Crippen LogP contribution in [0.5, 0.6) is 0 Å². The van der Waals surface area contributed by atoms with Crippen molar-refractivity contribution in [1.29, 1.82) is 0 Å². The van der Waals surface area contributed by atoms with E-state index in [4.69, 9.17) is 0 Å². The number of rotatable bonds is 5. The van der Waals surface area contributed by atoms with Crippen molar-refractivity contribution in [2.75, 3.05) is 11.9 Å². The predicted molar refractivity (Wildman–Crippen MR) is 81.4 cm³/mol. The lowest BCUT2D eigenvalue weighted by Gasteiger charge is -2.05. The highest BCUT2D eigenvalue weighted by atomic mass is 32.1. The van der Waals surface area contributed by atoms with E-state index in [2.05, 4.69) is 20.8 Å². The number of hydrogen-bond donors (Lipinski definition) is 2. The van der Waals surface area contributed by atoms with Crippen molar-refractivity contribution < 1.29 is 9.59 Å². The van der Waals surface area contributed by atoms with Gasteiger partial charge < -0.3 is 5.32 Å². The number of nitrogens with one attached hydrogen (secondary N) is 2. The summed E-state index contributed by atoms with van der Waals surface area (Å²) in [5, 5.41) is 14.2. The van der Waals surface area contributed by atoms with Crippen LogP contribution >= 0.6 is 11.3 Å². The van der Waals surface area contributed by atoms with Gasteiger partial charge in [0, 0.05) is 5.56 Å². The second-order valence-electron chi connectivity index (χ2n) is 4.45. The van der Waals surface area contributed by atoms with Crippen molar-refractivity contribution in [1.82, 2.24) is 15.5 Å². The molecule has 2 amide bonds. The summed E-state index contributed by atoms with van der Waals surface area (Å²) in [5.74, 6) is -0.606. The number of nitrogens with zero attached hydrogens (tertiary/aromatic N) is 2. The zero-order chi connectivity index (χ0) is 15.2. The molecule has 0 atom stereocenters.